The molecule has 0 aliphatic carbocycles. The van der Waals surface area contributed by atoms with Gasteiger partial charge >= 0.3 is 12.2 Å². The maximum absolute atomic E-state index is 12.3. The average molecular weight is 322 g/mol. The lowest BCUT2D eigenvalue weighted by Crippen LogP contribution is -2.38. The van der Waals surface area contributed by atoms with Crippen LogP contribution in [0.15, 0.2) is 23.1 Å². The Labute approximate surface area is 125 Å². The van der Waals surface area contributed by atoms with Crippen molar-refractivity contribution in [1.29, 1.82) is 0 Å². The van der Waals surface area contributed by atoms with Crippen LogP contribution in [-0.2, 0) is 0 Å². The van der Waals surface area contributed by atoms with Crippen LogP contribution in [0, 0.1) is 6.92 Å². The van der Waals surface area contributed by atoms with Gasteiger partial charge in [0.25, 0.3) is 0 Å². The van der Waals surface area contributed by atoms with E-state index < -0.39 is 24.0 Å². The molecule has 0 spiro atoms. The highest BCUT2D eigenvalue weighted by molar-refractivity contribution is 7.99. The van der Waals surface area contributed by atoms with Crippen LogP contribution in [0.2, 0.25) is 0 Å². The topological polar surface area (TPSA) is 61.4 Å². The quantitative estimate of drug-likeness (QED) is 0.730. The fraction of sp³-hybridized carbons (Fsp3) is 0.462. The van der Waals surface area contributed by atoms with Crippen LogP contribution in [-0.4, -0.2) is 35.7 Å². The predicted molar refractivity (Wildman–Crippen MR) is 76.7 cm³/mol. The molecule has 0 aliphatic rings. The summed E-state index contributed by atoms with van der Waals surface area (Å²) >= 11 is 0.612. The molecule has 1 aromatic rings. The largest absolute Gasteiger partial charge is 0.398 e. The highest BCUT2D eigenvalue weighted by Crippen LogP contribution is 2.32. The van der Waals surface area contributed by atoms with Crippen LogP contribution in [0.5, 0.6) is 0 Å². The molecule has 0 radical (unpaired) electrons. The van der Waals surface area contributed by atoms with Gasteiger partial charge in [0.05, 0.1) is 24.1 Å². The van der Waals surface area contributed by atoms with Crippen molar-refractivity contribution in [2.24, 2.45) is 0 Å². The molecule has 0 fully saturated rings. The van der Waals surface area contributed by atoms with Crippen molar-refractivity contribution >= 4 is 23.5 Å². The second-order valence-corrected chi connectivity index (χ2v) is 5.60. The van der Waals surface area contributed by atoms with E-state index in [4.69, 9.17) is 5.11 Å². The number of hydrogen-bond acceptors (Lipinski definition) is 3. The first-order valence-corrected chi connectivity index (χ1v) is 7.18. The highest BCUT2D eigenvalue weighted by atomic mass is 32.2. The van der Waals surface area contributed by atoms with E-state index in [0.717, 1.165) is 5.56 Å². The molecule has 0 bridgehead atoms. The first-order chi connectivity index (χ1) is 9.71. The number of hydrogen-bond donors (Lipinski definition) is 3. The van der Waals surface area contributed by atoms with Gasteiger partial charge in [0.2, 0.25) is 0 Å². The Bertz CT molecular complexity index is 495. The van der Waals surface area contributed by atoms with Crippen LogP contribution in [0.25, 0.3) is 0 Å². The number of aryl methyl sites for hydroxylation is 1. The van der Waals surface area contributed by atoms with Crippen molar-refractivity contribution < 1.29 is 23.1 Å². The van der Waals surface area contributed by atoms with Crippen molar-refractivity contribution in [3.63, 3.8) is 0 Å². The summed E-state index contributed by atoms with van der Waals surface area (Å²) in [6.45, 7) is 3.16. The van der Waals surface area contributed by atoms with Crippen LogP contribution >= 0.6 is 11.8 Å². The minimum atomic E-state index is -4.28. The van der Waals surface area contributed by atoms with E-state index >= 15 is 0 Å². The number of aliphatic hydroxyl groups excluding tert-OH is 1. The fourth-order valence-corrected chi connectivity index (χ4v) is 2.20. The lowest BCUT2D eigenvalue weighted by Gasteiger charge is -2.15. The molecular formula is C13H17F3N2O2S. The lowest BCUT2D eigenvalue weighted by atomic mass is 10.2. The average Bonchev–Trinajstić information content (AvgIpc) is 2.36. The number of nitrogens with one attached hydrogen (secondary N) is 2. The fourth-order valence-electron chi connectivity index (χ4n) is 1.45. The summed E-state index contributed by atoms with van der Waals surface area (Å²) in [7, 11) is 0. The van der Waals surface area contributed by atoms with Crippen LogP contribution in [0.4, 0.5) is 23.7 Å². The number of thioether (sulfide) groups is 1. The Morgan fingerprint density at radius 1 is 1.43 bits per heavy atom. The predicted octanol–water partition coefficient (Wildman–Crippen LogP) is 3.15. The van der Waals surface area contributed by atoms with Gasteiger partial charge in [-0.15, -0.1) is 11.8 Å². The second-order valence-electron chi connectivity index (χ2n) is 4.59. The molecule has 4 nitrogen and oxygen atoms in total. The number of benzene rings is 1. The Morgan fingerprint density at radius 2 is 2.10 bits per heavy atom. The molecule has 1 unspecified atom stereocenters. The number of urea groups is 1. The summed E-state index contributed by atoms with van der Waals surface area (Å²) in [6, 6.07) is 3.80. The summed E-state index contributed by atoms with van der Waals surface area (Å²) in [6.07, 6.45) is -4.28. The maximum atomic E-state index is 12.3. The minimum absolute atomic E-state index is 0.225. The van der Waals surface area contributed by atoms with E-state index in [0.29, 0.717) is 22.3 Å². The van der Waals surface area contributed by atoms with E-state index in [1.807, 2.05) is 0 Å². The van der Waals surface area contributed by atoms with Gasteiger partial charge in [-0.3, -0.25) is 0 Å². The Balaban J connectivity index is 2.79. The third kappa shape index (κ3) is 6.72. The zero-order chi connectivity index (χ0) is 16.0. The standard InChI is InChI=1S/C13H17F3N2O2S/c1-8-3-4-11(21-7-13(14,15)16)10(5-8)18-12(20)17-9(2)6-19/h3-5,9,19H,6-7H2,1-2H3,(H2,17,18,20). The molecule has 0 aromatic heterocycles. The zero-order valence-electron chi connectivity index (χ0n) is 11.6. The number of carbonyl (C=O) groups excluding carboxylic acids is 1. The summed E-state index contributed by atoms with van der Waals surface area (Å²) in [5.74, 6) is -1.03. The molecule has 1 aromatic carbocycles. The van der Waals surface area contributed by atoms with E-state index in [1.54, 1.807) is 26.0 Å². The maximum Gasteiger partial charge on any atom is 0.398 e. The highest BCUT2D eigenvalue weighted by Gasteiger charge is 2.27. The number of carbonyl (C=O) groups is 1. The van der Waals surface area contributed by atoms with Crippen molar-refractivity contribution in [2.45, 2.75) is 31.0 Å². The monoisotopic (exact) mass is 322 g/mol. The van der Waals surface area contributed by atoms with Crippen molar-refractivity contribution in [2.75, 3.05) is 17.7 Å². The van der Waals surface area contributed by atoms with Gasteiger partial charge in [0.1, 0.15) is 0 Å². The normalized spacial score (nSPS) is 12.9. The molecule has 3 N–H and O–H groups in total. The first-order valence-electron chi connectivity index (χ1n) is 6.20. The van der Waals surface area contributed by atoms with Gasteiger partial charge in [-0.2, -0.15) is 13.2 Å². The Hall–Kier alpha value is -1.41. The van der Waals surface area contributed by atoms with Crippen molar-refractivity contribution in [3.8, 4) is 0 Å². The van der Waals surface area contributed by atoms with E-state index in [2.05, 4.69) is 10.6 Å². The number of alkyl halides is 3. The van der Waals surface area contributed by atoms with Gasteiger partial charge in [0.15, 0.2) is 0 Å². The number of halogens is 3. The Kier molecular flexibility index (Phi) is 6.35. The third-order valence-corrected chi connectivity index (χ3v) is 3.56. The van der Waals surface area contributed by atoms with Gasteiger partial charge in [-0.1, -0.05) is 6.07 Å². The van der Waals surface area contributed by atoms with Gasteiger partial charge in [-0.05, 0) is 31.5 Å². The van der Waals surface area contributed by atoms with Crippen LogP contribution in [0.3, 0.4) is 0 Å². The van der Waals surface area contributed by atoms with E-state index in [-0.39, 0.29) is 6.61 Å². The molecule has 0 saturated heterocycles. The number of rotatable bonds is 5. The molecule has 0 saturated carbocycles. The second kappa shape index (κ2) is 7.56. The summed E-state index contributed by atoms with van der Waals surface area (Å²) in [5, 5.41) is 13.8. The van der Waals surface area contributed by atoms with Gasteiger partial charge < -0.3 is 15.7 Å². The first kappa shape index (κ1) is 17.6. The molecule has 0 heterocycles. The molecule has 118 valence electrons. The smallest absolute Gasteiger partial charge is 0.394 e. The van der Waals surface area contributed by atoms with E-state index in [1.165, 1.54) is 6.07 Å². The van der Waals surface area contributed by atoms with Gasteiger partial charge in [0, 0.05) is 4.90 Å². The minimum Gasteiger partial charge on any atom is -0.394 e. The summed E-state index contributed by atoms with van der Waals surface area (Å²) in [4.78, 5) is 12.0. The molecule has 21 heavy (non-hydrogen) atoms. The van der Waals surface area contributed by atoms with E-state index in [9.17, 15) is 18.0 Å². The number of amides is 2. The molecular weight excluding hydrogens is 305 g/mol. The third-order valence-electron chi connectivity index (χ3n) is 2.43. The number of anilines is 1. The Morgan fingerprint density at radius 3 is 2.67 bits per heavy atom. The van der Waals surface area contributed by atoms with Crippen molar-refractivity contribution in [1.82, 2.24) is 5.32 Å². The molecule has 1 atom stereocenters. The summed E-state index contributed by atoms with van der Waals surface area (Å²) < 4.78 is 36.9. The molecule has 1 rings (SSSR count). The zero-order valence-corrected chi connectivity index (χ0v) is 12.4. The lowest BCUT2D eigenvalue weighted by molar-refractivity contribution is -0.105. The SMILES string of the molecule is Cc1ccc(SCC(F)(F)F)c(NC(=O)NC(C)CO)c1. The molecule has 0 aliphatic heterocycles. The number of aliphatic hydroxyl groups is 1. The van der Waals surface area contributed by atoms with Gasteiger partial charge in [-0.25, -0.2) is 4.79 Å². The van der Waals surface area contributed by atoms with Crippen LogP contribution in [0.1, 0.15) is 12.5 Å². The summed E-state index contributed by atoms with van der Waals surface area (Å²) in [5.41, 5.74) is 1.13. The van der Waals surface area contributed by atoms with Crippen molar-refractivity contribution in [3.05, 3.63) is 23.8 Å². The van der Waals surface area contributed by atoms with Crippen LogP contribution < -0.4 is 10.6 Å². The molecule has 8 heteroatoms. The molecule has 2 amide bonds.